The van der Waals surface area contributed by atoms with Crippen molar-refractivity contribution in [2.75, 3.05) is 7.05 Å². The van der Waals surface area contributed by atoms with Gasteiger partial charge in [0.1, 0.15) is 17.8 Å². The van der Waals surface area contributed by atoms with E-state index in [1.54, 1.807) is 32.9 Å². The van der Waals surface area contributed by atoms with E-state index in [-0.39, 0.29) is 29.9 Å². The molecule has 222 valence electrons. The highest BCUT2D eigenvalue weighted by Crippen LogP contribution is 2.23. The summed E-state index contributed by atoms with van der Waals surface area (Å²) in [5.41, 5.74) is 1.67. The minimum absolute atomic E-state index is 0.0446. The molecule has 0 unspecified atom stereocenters. The Morgan fingerprint density at radius 1 is 1.10 bits per heavy atom. The second kappa shape index (κ2) is 14.8. The molecule has 10 nitrogen and oxygen atoms in total. The third kappa shape index (κ3) is 9.46. The highest BCUT2D eigenvalue weighted by Gasteiger charge is 2.35. The number of carbonyl (C=O) groups is 4. The number of rotatable bonds is 3. The number of esters is 1. The second-order valence-corrected chi connectivity index (χ2v) is 12.2. The van der Waals surface area contributed by atoms with Gasteiger partial charge in [0.05, 0.1) is 15.8 Å². The molecule has 1 aromatic rings. The number of likely N-dealkylation sites (N-methyl/N-ethyl adjacent to an activating group) is 1. The molecular weight excluding hydrogens is 629 g/mol. The third-order valence-electron chi connectivity index (χ3n) is 6.99. The lowest BCUT2D eigenvalue weighted by molar-refractivity contribution is -0.156. The average molecular weight is 672 g/mol. The minimum atomic E-state index is -1.36. The number of nitrogens with zero attached hydrogens (tertiary/aromatic N) is 1. The Morgan fingerprint density at radius 3 is 2.35 bits per heavy atom. The van der Waals surface area contributed by atoms with Gasteiger partial charge in [-0.15, -0.1) is 0 Å². The molecule has 0 radical (unpaired) electrons. The molecule has 0 saturated carbocycles. The predicted octanol–water partition coefficient (Wildman–Crippen LogP) is 2.68. The summed E-state index contributed by atoms with van der Waals surface area (Å²) in [4.78, 5) is 54.2. The fourth-order valence-electron chi connectivity index (χ4n) is 4.85. The molecule has 7 atom stereocenters. The van der Waals surface area contributed by atoms with E-state index in [1.165, 1.54) is 24.9 Å². The molecule has 3 amide bonds. The first-order valence-corrected chi connectivity index (χ1v) is 14.6. The van der Waals surface area contributed by atoms with Crippen molar-refractivity contribution >= 4 is 46.3 Å². The molecule has 11 heteroatoms. The summed E-state index contributed by atoms with van der Waals surface area (Å²) in [7, 11) is 1.45. The summed E-state index contributed by atoms with van der Waals surface area (Å²) in [6.45, 7) is 10.4. The number of ether oxygens (including phenoxy) is 1. The van der Waals surface area contributed by atoms with Crippen LogP contribution in [0.4, 0.5) is 0 Å². The number of aliphatic hydroxyl groups is 1. The normalized spacial score (nSPS) is 30.2. The molecule has 0 aliphatic carbocycles. The number of allylic oxidation sites excluding steroid dienone is 2. The first kappa shape index (κ1) is 33.5. The third-order valence-corrected chi connectivity index (χ3v) is 7.85. The van der Waals surface area contributed by atoms with Crippen molar-refractivity contribution in [2.24, 2.45) is 11.8 Å². The van der Waals surface area contributed by atoms with Gasteiger partial charge in [-0.05, 0) is 86.7 Å². The smallest absolute Gasteiger partial charge is 0.331 e. The van der Waals surface area contributed by atoms with Gasteiger partial charge in [-0.3, -0.25) is 14.4 Å². The van der Waals surface area contributed by atoms with E-state index in [1.807, 2.05) is 42.5 Å². The summed E-state index contributed by atoms with van der Waals surface area (Å²) in [6, 6.07) is 1.46. The van der Waals surface area contributed by atoms with Gasteiger partial charge in [0, 0.05) is 19.4 Å². The number of aromatic hydroxyl groups is 1. The zero-order chi connectivity index (χ0) is 30.3. The number of benzene rings is 1. The summed E-state index contributed by atoms with van der Waals surface area (Å²) < 4.78 is 6.16. The standard InChI is InChI=1S/C29H42IN3O7/c1-15-10-16(2)12-18(4)40-29(39)25(20(6)34)32-27(37)23(14-21-8-9-24(35)22(30)13-21)33(7)28(38)19(5)31-26(36)17(3)11-15/h8-10,13,16-20,23,25,34-35H,11-12,14H2,1-7H3,(H,31,36)(H,32,37)/b15-10+/t16-,17-,18-,19-,20+,23+,25-/m0/s1. The fourth-order valence-corrected chi connectivity index (χ4v) is 5.43. The molecule has 0 fully saturated rings. The Kier molecular flexibility index (Phi) is 12.4. The highest BCUT2D eigenvalue weighted by molar-refractivity contribution is 14.1. The monoisotopic (exact) mass is 671 g/mol. The Labute approximate surface area is 250 Å². The molecule has 1 aliphatic rings. The predicted molar refractivity (Wildman–Crippen MR) is 159 cm³/mol. The van der Waals surface area contributed by atoms with Crippen LogP contribution in [0.25, 0.3) is 0 Å². The Morgan fingerprint density at radius 2 is 1.75 bits per heavy atom. The molecule has 0 spiro atoms. The van der Waals surface area contributed by atoms with E-state index in [0.29, 0.717) is 22.0 Å². The maximum Gasteiger partial charge on any atom is 0.331 e. The summed E-state index contributed by atoms with van der Waals surface area (Å²) >= 11 is 1.96. The molecule has 4 N–H and O–H groups in total. The number of cyclic esters (lactones) is 1. The van der Waals surface area contributed by atoms with E-state index < -0.39 is 48.1 Å². The molecule has 1 aliphatic heterocycles. The van der Waals surface area contributed by atoms with E-state index in [2.05, 4.69) is 10.6 Å². The fraction of sp³-hybridized carbons (Fsp3) is 0.586. The average Bonchev–Trinajstić information content (AvgIpc) is 2.85. The first-order chi connectivity index (χ1) is 18.6. The number of carbonyl (C=O) groups excluding carboxylic acids is 4. The largest absolute Gasteiger partial charge is 0.507 e. The summed E-state index contributed by atoms with van der Waals surface area (Å²) in [6.07, 6.45) is 1.34. The number of phenolic OH excluding ortho intramolecular Hbond substituents is 1. The van der Waals surface area contributed by atoms with Gasteiger partial charge in [-0.25, -0.2) is 4.79 Å². The molecule has 1 heterocycles. The number of amides is 3. The molecule has 0 aromatic heterocycles. The van der Waals surface area contributed by atoms with Crippen molar-refractivity contribution in [3.63, 3.8) is 0 Å². The second-order valence-electron chi connectivity index (χ2n) is 11.0. The van der Waals surface area contributed by atoms with Crippen LogP contribution in [0.15, 0.2) is 29.8 Å². The van der Waals surface area contributed by atoms with Crippen molar-refractivity contribution in [1.29, 1.82) is 0 Å². The van der Waals surface area contributed by atoms with Crippen LogP contribution in [-0.4, -0.2) is 76.2 Å². The number of aliphatic hydroxyl groups excluding tert-OH is 1. The Hall–Kier alpha value is -2.67. The highest BCUT2D eigenvalue weighted by atomic mass is 127. The summed E-state index contributed by atoms with van der Waals surface area (Å²) in [5.74, 6) is -2.48. The van der Waals surface area contributed by atoms with E-state index >= 15 is 0 Å². The molecule has 2 rings (SSSR count). The lowest BCUT2D eigenvalue weighted by Crippen LogP contribution is -2.58. The van der Waals surface area contributed by atoms with Crippen molar-refractivity contribution in [1.82, 2.24) is 15.5 Å². The summed E-state index contributed by atoms with van der Waals surface area (Å²) in [5, 5.41) is 25.6. The zero-order valence-electron chi connectivity index (χ0n) is 24.2. The van der Waals surface area contributed by atoms with Gasteiger partial charge in [0.2, 0.25) is 17.7 Å². The van der Waals surface area contributed by atoms with Crippen LogP contribution in [0.3, 0.4) is 0 Å². The Balaban J connectivity index is 2.48. The zero-order valence-corrected chi connectivity index (χ0v) is 26.4. The molecule has 40 heavy (non-hydrogen) atoms. The number of halogens is 1. The van der Waals surface area contributed by atoms with Crippen LogP contribution in [0, 0.1) is 15.4 Å². The number of hydrogen-bond donors (Lipinski definition) is 4. The van der Waals surface area contributed by atoms with Crippen LogP contribution >= 0.6 is 22.6 Å². The van der Waals surface area contributed by atoms with Crippen molar-refractivity contribution in [3.8, 4) is 5.75 Å². The quantitative estimate of drug-likeness (QED) is 0.220. The van der Waals surface area contributed by atoms with Gasteiger partial charge in [-0.1, -0.05) is 31.6 Å². The van der Waals surface area contributed by atoms with Crippen LogP contribution in [0.1, 0.15) is 59.9 Å². The number of hydrogen-bond acceptors (Lipinski definition) is 7. The lowest BCUT2D eigenvalue weighted by atomic mass is 9.95. The molecule has 1 aromatic carbocycles. The van der Waals surface area contributed by atoms with Crippen LogP contribution in [-0.2, 0) is 30.3 Å². The van der Waals surface area contributed by atoms with Gasteiger partial charge >= 0.3 is 5.97 Å². The van der Waals surface area contributed by atoms with Crippen LogP contribution in [0.5, 0.6) is 5.75 Å². The van der Waals surface area contributed by atoms with Crippen molar-refractivity contribution < 1.29 is 34.1 Å². The number of nitrogens with one attached hydrogen (secondary N) is 2. The lowest BCUT2D eigenvalue weighted by Gasteiger charge is -2.32. The SMILES string of the molecule is C/C1=C\[C@H](C)C[C@H](C)OC(=O)[C@H]([C@@H](C)O)NC(=O)[C@@H](Cc2ccc(O)c(I)c2)N(C)C(=O)[C@H](C)NC(=O)[C@@H](C)C1. The maximum absolute atomic E-state index is 13.6. The van der Waals surface area contributed by atoms with E-state index in [0.717, 1.165) is 5.57 Å². The van der Waals surface area contributed by atoms with Crippen LogP contribution in [0.2, 0.25) is 0 Å². The number of phenols is 1. The van der Waals surface area contributed by atoms with E-state index in [4.69, 9.17) is 4.74 Å². The van der Waals surface area contributed by atoms with Gasteiger partial charge in [0.25, 0.3) is 0 Å². The molecular formula is C29H42IN3O7. The Bertz CT molecular complexity index is 1120. The van der Waals surface area contributed by atoms with E-state index in [9.17, 15) is 29.4 Å². The molecule has 0 saturated heterocycles. The van der Waals surface area contributed by atoms with Gasteiger partial charge in [0.15, 0.2) is 6.04 Å². The topological polar surface area (TPSA) is 145 Å². The first-order valence-electron chi connectivity index (χ1n) is 13.5. The van der Waals surface area contributed by atoms with Crippen molar-refractivity contribution in [2.45, 2.75) is 91.1 Å². The van der Waals surface area contributed by atoms with Gasteiger partial charge < -0.3 is 30.5 Å². The molecule has 0 bridgehead atoms. The van der Waals surface area contributed by atoms with Crippen molar-refractivity contribution in [3.05, 3.63) is 39.0 Å². The van der Waals surface area contributed by atoms with Crippen LogP contribution < -0.4 is 10.6 Å². The maximum atomic E-state index is 13.6. The van der Waals surface area contributed by atoms with Gasteiger partial charge in [-0.2, -0.15) is 0 Å². The minimum Gasteiger partial charge on any atom is -0.507 e.